The normalized spacial score (nSPS) is 10.7. The summed E-state index contributed by atoms with van der Waals surface area (Å²) in [6.45, 7) is 3.05. The molecule has 96 valence electrons. The summed E-state index contributed by atoms with van der Waals surface area (Å²) in [6, 6.07) is 4.21. The Morgan fingerprint density at radius 1 is 1.06 bits per heavy atom. The number of hydrogen-bond acceptors (Lipinski definition) is 3. The Balaban J connectivity index is 3.13. The highest BCUT2D eigenvalue weighted by Gasteiger charge is 2.12. The second-order valence-electron chi connectivity index (χ2n) is 4.47. The van der Waals surface area contributed by atoms with Gasteiger partial charge in [-0.25, -0.2) is 0 Å². The first-order valence-electron chi connectivity index (χ1n) is 6.00. The van der Waals surface area contributed by atoms with Crippen LogP contribution in [0, 0.1) is 0 Å². The van der Waals surface area contributed by atoms with Gasteiger partial charge in [0.25, 0.3) is 0 Å². The van der Waals surface area contributed by atoms with Crippen LogP contribution in [0.1, 0.15) is 24.5 Å². The van der Waals surface area contributed by atoms with E-state index in [1.54, 1.807) is 14.2 Å². The summed E-state index contributed by atoms with van der Waals surface area (Å²) >= 11 is 0. The average molecular weight is 237 g/mol. The highest BCUT2D eigenvalue weighted by molar-refractivity contribution is 5.48. The maximum absolute atomic E-state index is 5.46. The van der Waals surface area contributed by atoms with Gasteiger partial charge in [-0.2, -0.15) is 0 Å². The molecule has 17 heavy (non-hydrogen) atoms. The Hall–Kier alpha value is -1.22. The minimum atomic E-state index is 0.888. The monoisotopic (exact) mass is 237 g/mol. The molecule has 0 aliphatic heterocycles. The van der Waals surface area contributed by atoms with Crippen LogP contribution in [0.15, 0.2) is 12.1 Å². The van der Waals surface area contributed by atoms with E-state index in [1.165, 1.54) is 11.1 Å². The van der Waals surface area contributed by atoms with Crippen molar-refractivity contribution in [2.24, 2.45) is 0 Å². The molecule has 0 bridgehead atoms. The van der Waals surface area contributed by atoms with Gasteiger partial charge in [-0.05, 0) is 38.2 Å². The summed E-state index contributed by atoms with van der Waals surface area (Å²) in [5.41, 5.74) is 2.38. The van der Waals surface area contributed by atoms with Gasteiger partial charge in [0.15, 0.2) is 0 Å². The lowest BCUT2D eigenvalue weighted by atomic mass is 10.0. The Bertz CT molecular complexity index is 336. The van der Waals surface area contributed by atoms with Crippen molar-refractivity contribution in [3.63, 3.8) is 0 Å². The van der Waals surface area contributed by atoms with Crippen LogP contribution in [0.25, 0.3) is 0 Å². The standard InChI is InChI=1S/C14H23NO2/c1-6-7-12-13(16-4)8-11(10-15(2)3)9-14(12)17-5/h8-9H,6-7,10H2,1-5H3. The number of rotatable bonds is 6. The molecule has 0 amide bonds. The molecule has 1 rings (SSSR count). The molecule has 0 aromatic heterocycles. The quantitative estimate of drug-likeness (QED) is 0.759. The summed E-state index contributed by atoms with van der Waals surface area (Å²) in [5, 5.41) is 0. The van der Waals surface area contributed by atoms with Crippen molar-refractivity contribution < 1.29 is 9.47 Å². The molecule has 3 nitrogen and oxygen atoms in total. The van der Waals surface area contributed by atoms with Gasteiger partial charge < -0.3 is 14.4 Å². The Kier molecular flexibility index (Phi) is 5.29. The predicted octanol–water partition coefficient (Wildman–Crippen LogP) is 2.72. The molecule has 0 saturated carbocycles. The van der Waals surface area contributed by atoms with Crippen LogP contribution in [0.3, 0.4) is 0 Å². The lowest BCUT2D eigenvalue weighted by molar-refractivity contribution is 0.375. The van der Waals surface area contributed by atoms with Gasteiger partial charge in [0.05, 0.1) is 14.2 Å². The van der Waals surface area contributed by atoms with Crippen LogP contribution >= 0.6 is 0 Å². The van der Waals surface area contributed by atoms with Crippen molar-refractivity contribution in [2.75, 3.05) is 28.3 Å². The summed E-state index contributed by atoms with van der Waals surface area (Å²) in [7, 11) is 7.54. The van der Waals surface area contributed by atoms with E-state index in [2.05, 4.69) is 38.1 Å². The minimum absolute atomic E-state index is 0.888. The summed E-state index contributed by atoms with van der Waals surface area (Å²) in [5.74, 6) is 1.87. The number of hydrogen-bond donors (Lipinski definition) is 0. The van der Waals surface area contributed by atoms with E-state index in [9.17, 15) is 0 Å². The largest absolute Gasteiger partial charge is 0.496 e. The highest BCUT2D eigenvalue weighted by Crippen LogP contribution is 2.32. The SMILES string of the molecule is CCCc1c(OC)cc(CN(C)C)cc1OC. The predicted molar refractivity (Wildman–Crippen MR) is 70.9 cm³/mol. The van der Waals surface area contributed by atoms with E-state index in [-0.39, 0.29) is 0 Å². The zero-order valence-electron chi connectivity index (χ0n) is 11.5. The molecule has 1 aromatic rings. The van der Waals surface area contributed by atoms with Gasteiger partial charge in [-0.15, -0.1) is 0 Å². The van der Waals surface area contributed by atoms with E-state index in [4.69, 9.17) is 9.47 Å². The second-order valence-corrected chi connectivity index (χ2v) is 4.47. The van der Waals surface area contributed by atoms with Gasteiger partial charge in [0, 0.05) is 12.1 Å². The van der Waals surface area contributed by atoms with Crippen LogP contribution in [-0.4, -0.2) is 33.2 Å². The molecule has 0 unspecified atom stereocenters. The van der Waals surface area contributed by atoms with Crippen LogP contribution in [-0.2, 0) is 13.0 Å². The Morgan fingerprint density at radius 3 is 1.94 bits per heavy atom. The topological polar surface area (TPSA) is 21.7 Å². The third-order valence-electron chi connectivity index (χ3n) is 2.67. The molecule has 0 fully saturated rings. The van der Waals surface area contributed by atoms with Crippen LogP contribution in [0.2, 0.25) is 0 Å². The van der Waals surface area contributed by atoms with E-state index < -0.39 is 0 Å². The van der Waals surface area contributed by atoms with E-state index in [0.29, 0.717) is 0 Å². The molecule has 0 spiro atoms. The van der Waals surface area contributed by atoms with E-state index >= 15 is 0 Å². The van der Waals surface area contributed by atoms with Crippen LogP contribution < -0.4 is 9.47 Å². The maximum atomic E-state index is 5.46. The third-order valence-corrected chi connectivity index (χ3v) is 2.67. The number of nitrogens with zero attached hydrogens (tertiary/aromatic N) is 1. The zero-order valence-corrected chi connectivity index (χ0v) is 11.5. The molecule has 0 aliphatic rings. The lowest BCUT2D eigenvalue weighted by Crippen LogP contribution is -2.11. The fourth-order valence-corrected chi connectivity index (χ4v) is 1.99. The average Bonchev–Trinajstić information content (AvgIpc) is 2.30. The first kappa shape index (κ1) is 13.8. The van der Waals surface area contributed by atoms with Crippen molar-refractivity contribution >= 4 is 0 Å². The number of benzene rings is 1. The number of methoxy groups -OCH3 is 2. The highest BCUT2D eigenvalue weighted by atomic mass is 16.5. The van der Waals surface area contributed by atoms with E-state index in [0.717, 1.165) is 30.9 Å². The van der Waals surface area contributed by atoms with Crippen molar-refractivity contribution in [2.45, 2.75) is 26.3 Å². The summed E-state index contributed by atoms with van der Waals surface area (Å²) < 4.78 is 10.9. The number of ether oxygens (including phenoxy) is 2. The molecule has 3 heteroatoms. The van der Waals surface area contributed by atoms with Gasteiger partial charge in [-0.1, -0.05) is 13.3 Å². The molecule has 0 aliphatic carbocycles. The molecule has 0 radical (unpaired) electrons. The first-order chi connectivity index (χ1) is 8.12. The van der Waals surface area contributed by atoms with Gasteiger partial charge in [0.1, 0.15) is 11.5 Å². The molecule has 0 saturated heterocycles. The van der Waals surface area contributed by atoms with Crippen molar-refractivity contribution in [3.8, 4) is 11.5 Å². The smallest absolute Gasteiger partial charge is 0.126 e. The van der Waals surface area contributed by atoms with Gasteiger partial charge in [0.2, 0.25) is 0 Å². The molecule has 1 aromatic carbocycles. The lowest BCUT2D eigenvalue weighted by Gasteiger charge is -2.17. The van der Waals surface area contributed by atoms with Crippen molar-refractivity contribution in [1.29, 1.82) is 0 Å². The minimum Gasteiger partial charge on any atom is -0.496 e. The van der Waals surface area contributed by atoms with Gasteiger partial charge >= 0.3 is 0 Å². The molecular formula is C14H23NO2. The fraction of sp³-hybridized carbons (Fsp3) is 0.571. The summed E-state index contributed by atoms with van der Waals surface area (Å²) in [4.78, 5) is 2.13. The molecule has 0 heterocycles. The van der Waals surface area contributed by atoms with Crippen molar-refractivity contribution in [1.82, 2.24) is 4.90 Å². The third kappa shape index (κ3) is 3.63. The van der Waals surface area contributed by atoms with Crippen LogP contribution in [0.4, 0.5) is 0 Å². The molecule has 0 atom stereocenters. The first-order valence-corrected chi connectivity index (χ1v) is 6.00. The van der Waals surface area contributed by atoms with E-state index in [1.807, 2.05) is 0 Å². The fourth-order valence-electron chi connectivity index (χ4n) is 1.99. The van der Waals surface area contributed by atoms with Gasteiger partial charge in [-0.3, -0.25) is 0 Å². The summed E-state index contributed by atoms with van der Waals surface area (Å²) in [6.07, 6.45) is 2.06. The Morgan fingerprint density at radius 2 is 1.59 bits per heavy atom. The zero-order chi connectivity index (χ0) is 12.8. The molecular weight excluding hydrogens is 214 g/mol. The van der Waals surface area contributed by atoms with Crippen molar-refractivity contribution in [3.05, 3.63) is 23.3 Å². The maximum Gasteiger partial charge on any atom is 0.126 e. The molecule has 0 N–H and O–H groups in total. The Labute approximate surface area is 104 Å². The second kappa shape index (κ2) is 6.50. The van der Waals surface area contributed by atoms with Crippen LogP contribution in [0.5, 0.6) is 11.5 Å².